The number of benzene rings is 1. The van der Waals surface area contributed by atoms with E-state index < -0.39 is 0 Å². The fraction of sp³-hybridized carbons (Fsp3) is 0. The zero-order valence-corrected chi connectivity index (χ0v) is 8.00. The van der Waals surface area contributed by atoms with Crippen molar-refractivity contribution >= 4 is 45.7 Å². The van der Waals surface area contributed by atoms with Crippen molar-refractivity contribution in [2.45, 2.75) is 0 Å². The summed E-state index contributed by atoms with van der Waals surface area (Å²) < 4.78 is 0. The van der Waals surface area contributed by atoms with E-state index in [1.54, 1.807) is 12.1 Å². The van der Waals surface area contributed by atoms with Crippen molar-refractivity contribution in [1.82, 2.24) is 10.2 Å². The minimum absolute atomic E-state index is 0.437. The first-order valence-corrected chi connectivity index (χ1v) is 4.30. The molecule has 0 aliphatic rings. The topological polar surface area (TPSA) is 28.7 Å². The largest absolute Gasteiger partial charge is 0.266 e. The van der Waals surface area contributed by atoms with Crippen LogP contribution in [-0.2, 0) is 0 Å². The monoisotopic (exact) mass is 220 g/mol. The van der Waals surface area contributed by atoms with Gasteiger partial charge in [0.05, 0.1) is 15.9 Å². The van der Waals surface area contributed by atoms with Gasteiger partial charge in [0.25, 0.3) is 0 Å². The first kappa shape index (κ1) is 8.17. The summed E-state index contributed by atoms with van der Waals surface area (Å²) in [6, 6.07) is 3.33. The Bertz CT molecular complexity index is 435. The molecule has 0 unspecified atom stereocenters. The summed E-state index contributed by atoms with van der Waals surface area (Å²) in [5.41, 5.74) is 0.678. The summed E-state index contributed by atoms with van der Waals surface area (Å²) in [7, 11) is 0. The van der Waals surface area contributed by atoms with Crippen LogP contribution in [0, 0.1) is 0 Å². The van der Waals surface area contributed by atoms with Crippen molar-refractivity contribution in [2.24, 2.45) is 0 Å². The molecule has 2 nitrogen and oxygen atoms in total. The lowest BCUT2D eigenvalue weighted by molar-refractivity contribution is 1.12. The van der Waals surface area contributed by atoms with Gasteiger partial charge < -0.3 is 0 Å². The van der Waals surface area contributed by atoms with E-state index in [1.165, 1.54) is 0 Å². The number of aromatic nitrogens is 2. The number of H-pyrrole nitrogens is 1. The van der Waals surface area contributed by atoms with Gasteiger partial charge >= 0.3 is 0 Å². The maximum absolute atomic E-state index is 5.88. The lowest BCUT2D eigenvalue weighted by Gasteiger charge is -1.93. The van der Waals surface area contributed by atoms with E-state index in [4.69, 9.17) is 34.8 Å². The van der Waals surface area contributed by atoms with E-state index in [0.717, 1.165) is 0 Å². The van der Waals surface area contributed by atoms with Crippen LogP contribution in [0.15, 0.2) is 12.1 Å². The van der Waals surface area contributed by atoms with Gasteiger partial charge in [-0.05, 0) is 12.1 Å². The van der Waals surface area contributed by atoms with Gasteiger partial charge in [-0.1, -0.05) is 34.8 Å². The van der Waals surface area contributed by atoms with E-state index in [0.29, 0.717) is 26.1 Å². The van der Waals surface area contributed by atoms with E-state index in [9.17, 15) is 0 Å². The molecule has 2 aromatic rings. The average molecular weight is 221 g/mol. The predicted octanol–water partition coefficient (Wildman–Crippen LogP) is 3.52. The molecule has 1 heterocycles. The van der Waals surface area contributed by atoms with Crippen LogP contribution in [0.4, 0.5) is 0 Å². The highest BCUT2D eigenvalue weighted by Gasteiger charge is 2.07. The van der Waals surface area contributed by atoms with Gasteiger partial charge in [-0.3, -0.25) is 5.10 Å². The minimum atomic E-state index is 0.437. The Balaban J connectivity index is 2.93. The number of halogens is 3. The first-order chi connectivity index (χ1) is 5.68. The molecule has 0 aliphatic carbocycles. The smallest absolute Gasteiger partial charge is 0.133 e. The molecule has 0 amide bonds. The Morgan fingerprint density at radius 2 is 1.92 bits per heavy atom. The van der Waals surface area contributed by atoms with Crippen LogP contribution in [0.3, 0.4) is 0 Å². The van der Waals surface area contributed by atoms with Crippen LogP contribution >= 0.6 is 34.8 Å². The molecule has 0 saturated heterocycles. The lowest BCUT2D eigenvalue weighted by Crippen LogP contribution is -1.70. The summed E-state index contributed by atoms with van der Waals surface area (Å²) in [6.07, 6.45) is 0. The Labute approximate surface area is 83.4 Å². The third-order valence-corrected chi connectivity index (χ3v) is 2.32. The molecule has 0 radical (unpaired) electrons. The molecule has 0 saturated carbocycles. The first-order valence-electron chi connectivity index (χ1n) is 3.17. The Morgan fingerprint density at radius 3 is 2.67 bits per heavy atom. The van der Waals surface area contributed by atoms with Crippen LogP contribution in [-0.4, -0.2) is 10.2 Å². The van der Waals surface area contributed by atoms with E-state index in [2.05, 4.69) is 10.2 Å². The molecule has 0 fully saturated rings. The Hall–Kier alpha value is -0.440. The van der Waals surface area contributed by atoms with Gasteiger partial charge in [-0.25, -0.2) is 0 Å². The molecule has 0 bridgehead atoms. The quantitative estimate of drug-likeness (QED) is 0.724. The number of nitrogens with one attached hydrogen (secondary N) is 1. The van der Waals surface area contributed by atoms with Crippen molar-refractivity contribution in [2.75, 3.05) is 0 Å². The summed E-state index contributed by atoms with van der Waals surface area (Å²) >= 11 is 17.4. The van der Waals surface area contributed by atoms with Crippen LogP contribution < -0.4 is 0 Å². The van der Waals surface area contributed by atoms with Gasteiger partial charge in [0, 0.05) is 5.02 Å². The molecule has 0 spiro atoms. The molecule has 2 rings (SSSR count). The van der Waals surface area contributed by atoms with Crippen molar-refractivity contribution in [1.29, 1.82) is 0 Å². The van der Waals surface area contributed by atoms with Crippen LogP contribution in [0.25, 0.3) is 10.9 Å². The second kappa shape index (κ2) is 2.80. The number of nitrogens with zero attached hydrogens (tertiary/aromatic N) is 1. The van der Waals surface area contributed by atoms with Crippen LogP contribution in [0.5, 0.6) is 0 Å². The SMILES string of the molecule is Clc1cc(Cl)c2c(Cl)[nH]nc2c1. The lowest BCUT2D eigenvalue weighted by atomic mass is 10.2. The highest BCUT2D eigenvalue weighted by molar-refractivity contribution is 6.43. The van der Waals surface area contributed by atoms with Crippen molar-refractivity contribution in [3.8, 4) is 0 Å². The Morgan fingerprint density at radius 1 is 1.17 bits per heavy atom. The van der Waals surface area contributed by atoms with Crippen molar-refractivity contribution in [3.63, 3.8) is 0 Å². The average Bonchev–Trinajstić information content (AvgIpc) is 2.31. The van der Waals surface area contributed by atoms with E-state index >= 15 is 0 Å². The fourth-order valence-electron chi connectivity index (χ4n) is 1.03. The van der Waals surface area contributed by atoms with Gasteiger partial charge in [0.15, 0.2) is 0 Å². The molecule has 1 N–H and O–H groups in total. The molecule has 0 aliphatic heterocycles. The second-order valence-corrected chi connectivity index (χ2v) is 3.54. The molecular formula is C7H3Cl3N2. The Kier molecular flexibility index (Phi) is 1.91. The van der Waals surface area contributed by atoms with E-state index in [-0.39, 0.29) is 0 Å². The third kappa shape index (κ3) is 1.16. The van der Waals surface area contributed by atoms with Crippen molar-refractivity contribution in [3.05, 3.63) is 27.3 Å². The standard InChI is InChI=1S/C7H3Cl3N2/c8-3-1-4(9)6-5(2-3)11-12-7(6)10/h1-2H,(H,11,12). The summed E-state index contributed by atoms with van der Waals surface area (Å²) in [4.78, 5) is 0. The number of hydrogen-bond donors (Lipinski definition) is 1. The number of fused-ring (bicyclic) bond motifs is 1. The van der Waals surface area contributed by atoms with Gasteiger partial charge in [0.2, 0.25) is 0 Å². The molecule has 1 aromatic heterocycles. The highest BCUT2D eigenvalue weighted by atomic mass is 35.5. The van der Waals surface area contributed by atoms with Gasteiger partial charge in [0.1, 0.15) is 5.15 Å². The summed E-state index contributed by atoms with van der Waals surface area (Å²) in [5.74, 6) is 0. The molecule has 12 heavy (non-hydrogen) atoms. The fourth-order valence-corrected chi connectivity index (χ4v) is 1.90. The highest BCUT2D eigenvalue weighted by Crippen LogP contribution is 2.30. The zero-order chi connectivity index (χ0) is 8.72. The molecule has 1 aromatic carbocycles. The van der Waals surface area contributed by atoms with Crippen LogP contribution in [0.1, 0.15) is 0 Å². The summed E-state index contributed by atoms with van der Waals surface area (Å²) in [6.45, 7) is 0. The number of aromatic amines is 1. The maximum atomic E-state index is 5.88. The maximum Gasteiger partial charge on any atom is 0.133 e. The van der Waals surface area contributed by atoms with E-state index in [1.807, 2.05) is 0 Å². The molecule has 5 heteroatoms. The van der Waals surface area contributed by atoms with Gasteiger partial charge in [-0.15, -0.1) is 0 Å². The second-order valence-electron chi connectivity index (χ2n) is 2.32. The molecule has 62 valence electrons. The molecular weight excluding hydrogens is 218 g/mol. The van der Waals surface area contributed by atoms with Crippen LogP contribution in [0.2, 0.25) is 15.2 Å². The number of rotatable bonds is 0. The third-order valence-electron chi connectivity index (χ3n) is 1.53. The zero-order valence-electron chi connectivity index (χ0n) is 5.74. The summed E-state index contributed by atoms with van der Waals surface area (Å²) in [5, 5.41) is 8.74. The van der Waals surface area contributed by atoms with Gasteiger partial charge in [-0.2, -0.15) is 5.10 Å². The minimum Gasteiger partial charge on any atom is -0.266 e. The number of hydrogen-bond acceptors (Lipinski definition) is 1. The predicted molar refractivity (Wildman–Crippen MR) is 51.1 cm³/mol. The molecule has 0 atom stereocenters. The normalized spacial score (nSPS) is 10.9. The van der Waals surface area contributed by atoms with Crippen molar-refractivity contribution < 1.29 is 0 Å².